The number of hydrogen-bond donors (Lipinski definition) is 1. The number of amides is 1. The number of hydrogen-bond acceptors (Lipinski definition) is 11. The molecular weight excluding hydrogens is 703 g/mol. The van der Waals surface area contributed by atoms with E-state index < -0.39 is 28.9 Å². The molecule has 13 nitrogen and oxygen atoms in total. The highest BCUT2D eigenvalue weighted by atomic mass is 19.1. The second-order valence-corrected chi connectivity index (χ2v) is 16.1. The second kappa shape index (κ2) is 12.1. The molecule has 4 aliphatic rings. The predicted octanol–water partition coefficient (Wildman–Crippen LogP) is 6.21. The van der Waals surface area contributed by atoms with Crippen molar-refractivity contribution in [3.63, 3.8) is 0 Å². The van der Waals surface area contributed by atoms with Crippen molar-refractivity contribution in [2.75, 3.05) is 43.4 Å². The summed E-state index contributed by atoms with van der Waals surface area (Å²) in [4.78, 5) is 28.9. The number of ether oxygens (including phenoxy) is 2. The molecule has 4 aliphatic heterocycles. The van der Waals surface area contributed by atoms with Crippen molar-refractivity contribution in [2.24, 2.45) is 7.05 Å². The van der Waals surface area contributed by atoms with Crippen molar-refractivity contribution in [2.45, 2.75) is 82.3 Å². The molecule has 2 unspecified atom stereocenters. The van der Waals surface area contributed by atoms with Crippen LogP contribution in [0.2, 0.25) is 0 Å². The van der Waals surface area contributed by atoms with Crippen molar-refractivity contribution in [1.82, 2.24) is 29.5 Å². The zero-order chi connectivity index (χ0) is 37.8. The Morgan fingerprint density at radius 3 is 2.59 bits per heavy atom. The van der Waals surface area contributed by atoms with Gasteiger partial charge in [0.05, 0.1) is 34.0 Å². The highest BCUT2D eigenvalue weighted by Gasteiger charge is 2.50. The lowest BCUT2D eigenvalue weighted by Crippen LogP contribution is -2.57. The van der Waals surface area contributed by atoms with Crippen LogP contribution in [0.4, 0.5) is 29.7 Å². The number of nitriles is 1. The van der Waals surface area contributed by atoms with E-state index in [-0.39, 0.29) is 75.4 Å². The number of nitrogen functional groups attached to an aromatic ring is 1. The summed E-state index contributed by atoms with van der Waals surface area (Å²) in [5.41, 5.74) is 4.32. The molecule has 4 atom stereocenters. The van der Waals surface area contributed by atoms with E-state index in [2.05, 4.69) is 15.0 Å². The van der Waals surface area contributed by atoms with Gasteiger partial charge in [0.15, 0.2) is 5.82 Å². The molecule has 54 heavy (non-hydrogen) atoms. The normalized spacial score (nSPS) is 24.2. The Balaban J connectivity index is 1.24. The maximum Gasteiger partial charge on any atom is 0.410 e. The van der Waals surface area contributed by atoms with E-state index in [4.69, 9.17) is 24.6 Å². The summed E-state index contributed by atoms with van der Waals surface area (Å²) in [5, 5.41) is 15.4. The van der Waals surface area contributed by atoms with Gasteiger partial charge in [-0.15, -0.1) is 0 Å². The number of carbonyl (C=O) groups is 1. The van der Waals surface area contributed by atoms with Crippen LogP contribution >= 0.6 is 0 Å². The molecule has 2 bridgehead atoms. The molecule has 4 fully saturated rings. The molecule has 0 radical (unpaired) electrons. The molecule has 0 aliphatic carbocycles. The fraction of sp³-hybridized carbons (Fsp3) is 0.500. The van der Waals surface area contributed by atoms with Crippen LogP contribution < -0.4 is 15.4 Å². The van der Waals surface area contributed by atoms with Crippen LogP contribution in [0.3, 0.4) is 0 Å². The summed E-state index contributed by atoms with van der Waals surface area (Å²) < 4.78 is 67.6. The van der Waals surface area contributed by atoms with Crippen LogP contribution in [0, 0.1) is 23.0 Å². The molecule has 2 N–H and O–H groups in total. The average Bonchev–Trinajstić information content (AvgIpc) is 3.89. The number of furan rings is 1. The number of fused-ring (bicyclic) bond motifs is 7. The van der Waals surface area contributed by atoms with E-state index >= 15 is 8.78 Å². The molecule has 9 rings (SSSR count). The van der Waals surface area contributed by atoms with Gasteiger partial charge >= 0.3 is 12.1 Å². The molecule has 0 saturated carbocycles. The Hall–Kier alpha value is -5.30. The van der Waals surface area contributed by atoms with Crippen LogP contribution in [0.5, 0.6) is 6.01 Å². The molecule has 2 aromatic carbocycles. The lowest BCUT2D eigenvalue weighted by molar-refractivity contribution is 0.0122. The first-order chi connectivity index (χ1) is 25.7. The van der Waals surface area contributed by atoms with Crippen LogP contribution in [-0.4, -0.2) is 97.8 Å². The first kappa shape index (κ1) is 34.5. The summed E-state index contributed by atoms with van der Waals surface area (Å²) in [6.45, 7) is 7.44. The zero-order valence-electron chi connectivity index (χ0n) is 30.5. The number of aryl methyl sites for hydroxylation is 1. The van der Waals surface area contributed by atoms with Crippen molar-refractivity contribution in [1.29, 1.82) is 5.26 Å². The van der Waals surface area contributed by atoms with Crippen molar-refractivity contribution in [3.8, 4) is 23.2 Å². The van der Waals surface area contributed by atoms with E-state index in [1.165, 1.54) is 10.7 Å². The average molecular weight is 744 g/mol. The number of halogens is 3. The van der Waals surface area contributed by atoms with Gasteiger partial charge in [-0.1, -0.05) is 0 Å². The second-order valence-electron chi connectivity index (χ2n) is 16.1. The summed E-state index contributed by atoms with van der Waals surface area (Å²) in [6.07, 6.45) is 3.79. The number of alkyl halides is 1. The number of benzene rings is 2. The van der Waals surface area contributed by atoms with Gasteiger partial charge in [-0.25, -0.2) is 18.0 Å². The Bertz CT molecular complexity index is 2400. The maximum atomic E-state index is 17.6. The smallest absolute Gasteiger partial charge is 0.410 e. The molecule has 5 aromatic rings. The molecule has 282 valence electrons. The summed E-state index contributed by atoms with van der Waals surface area (Å²) >= 11 is 0. The van der Waals surface area contributed by atoms with E-state index in [1.807, 2.05) is 31.7 Å². The third-order valence-electron chi connectivity index (χ3n) is 11.4. The number of carbonyl (C=O) groups excluding carboxylic acids is 1. The van der Waals surface area contributed by atoms with Crippen LogP contribution in [0.15, 0.2) is 22.7 Å². The number of piperazine rings is 1. The lowest BCUT2D eigenvalue weighted by atomic mass is 9.94. The fourth-order valence-electron chi connectivity index (χ4n) is 9.31. The van der Waals surface area contributed by atoms with E-state index in [9.17, 15) is 14.4 Å². The number of nitrogens with two attached hydrogens (primary N) is 1. The van der Waals surface area contributed by atoms with E-state index in [0.717, 1.165) is 38.3 Å². The standard InChI is InChI=1S/C38H40F3N9O4/c1-37(2,3)54-36(51)50-20-6-7-21(50)16-48(15-20)34-27-23-17-47(4)46-31(23)29(28-24(40)8-9-25-26(28)22(13-42)33(43)53-25)30(41)32(27)44-35(45-34)52-18-38-10-5-11-49(38)14-19(39)12-38/h8-9,17,19-21H,5-7,10-12,14-16,18,43H2,1-4H3/t19-,20?,21?,38+/m1/s1. The SMILES string of the molecule is Cn1cc2c(n1)c(-c1c(F)ccc3oc(N)c(C#N)c13)c(F)c1nc(OC[C@@]34CCCN3C[C@H](F)C4)nc(N3CC4CCC(C3)N4C(=O)OC(C)(C)C)c12. The van der Waals surface area contributed by atoms with Crippen molar-refractivity contribution in [3.05, 3.63) is 35.5 Å². The Labute approximate surface area is 308 Å². The summed E-state index contributed by atoms with van der Waals surface area (Å²) in [7, 11) is 1.67. The Kier molecular flexibility index (Phi) is 7.73. The quantitative estimate of drug-likeness (QED) is 0.219. The van der Waals surface area contributed by atoms with Gasteiger partial charge in [-0.05, 0) is 65.1 Å². The maximum absolute atomic E-state index is 17.6. The zero-order valence-corrected chi connectivity index (χ0v) is 30.5. The highest BCUT2D eigenvalue weighted by Crippen LogP contribution is 2.47. The van der Waals surface area contributed by atoms with Gasteiger partial charge < -0.3 is 24.5 Å². The van der Waals surface area contributed by atoms with Gasteiger partial charge in [0, 0.05) is 50.2 Å². The molecule has 0 spiro atoms. The number of aromatic nitrogens is 4. The molecule has 3 aromatic heterocycles. The molecule has 4 saturated heterocycles. The highest BCUT2D eigenvalue weighted by molar-refractivity contribution is 6.18. The van der Waals surface area contributed by atoms with E-state index in [0.29, 0.717) is 42.6 Å². The minimum atomic E-state index is -0.981. The largest absolute Gasteiger partial charge is 0.461 e. The summed E-state index contributed by atoms with van der Waals surface area (Å²) in [6, 6.07) is 3.94. The molecule has 16 heteroatoms. The van der Waals surface area contributed by atoms with Crippen LogP contribution in [-0.2, 0) is 11.8 Å². The number of nitrogens with zero attached hydrogens (tertiary/aromatic N) is 8. The number of rotatable bonds is 5. The molecule has 7 heterocycles. The molecular formula is C38H40F3N9O4. The van der Waals surface area contributed by atoms with Gasteiger partial charge in [0.25, 0.3) is 0 Å². The topological polar surface area (TPSA) is 152 Å². The Morgan fingerprint density at radius 2 is 1.87 bits per heavy atom. The van der Waals surface area contributed by atoms with Gasteiger partial charge in [0.2, 0.25) is 5.88 Å². The molecule has 1 amide bonds. The minimum Gasteiger partial charge on any atom is -0.461 e. The summed E-state index contributed by atoms with van der Waals surface area (Å²) in [5.74, 6) is -1.56. The van der Waals surface area contributed by atoms with Crippen LogP contribution in [0.1, 0.15) is 58.4 Å². The third kappa shape index (κ3) is 5.30. The monoisotopic (exact) mass is 743 g/mol. The van der Waals surface area contributed by atoms with Gasteiger partial charge in [-0.2, -0.15) is 20.3 Å². The Morgan fingerprint density at radius 1 is 1.11 bits per heavy atom. The minimum absolute atomic E-state index is 0.0169. The van der Waals surface area contributed by atoms with Crippen LogP contribution in [0.25, 0.3) is 43.9 Å². The van der Waals surface area contributed by atoms with Gasteiger partial charge in [-0.3, -0.25) is 14.5 Å². The van der Waals surface area contributed by atoms with E-state index in [1.54, 1.807) is 18.1 Å². The van der Waals surface area contributed by atoms with Crippen molar-refractivity contribution >= 4 is 50.6 Å². The van der Waals surface area contributed by atoms with Gasteiger partial charge in [0.1, 0.15) is 58.3 Å². The van der Waals surface area contributed by atoms with Crippen molar-refractivity contribution < 1.29 is 31.9 Å². The third-order valence-corrected chi connectivity index (χ3v) is 11.4. The number of anilines is 2. The fourth-order valence-corrected chi connectivity index (χ4v) is 9.31. The predicted molar refractivity (Wildman–Crippen MR) is 194 cm³/mol. The first-order valence-corrected chi connectivity index (χ1v) is 18.3. The first-order valence-electron chi connectivity index (χ1n) is 18.3. The lowest BCUT2D eigenvalue weighted by Gasteiger charge is -2.42.